The molecule has 1 fully saturated rings. The molecule has 1 aliphatic heterocycles. The van der Waals surface area contributed by atoms with Gasteiger partial charge in [-0.15, -0.1) is 0 Å². The van der Waals surface area contributed by atoms with E-state index in [9.17, 15) is 27.5 Å². The lowest BCUT2D eigenvalue weighted by Crippen LogP contribution is -2.36. The van der Waals surface area contributed by atoms with Crippen molar-refractivity contribution < 1.29 is 32.2 Å². The first-order valence-corrected chi connectivity index (χ1v) is 8.62. The number of rotatable bonds is 5. The fourth-order valence-corrected chi connectivity index (χ4v) is 2.97. The molecule has 0 aliphatic carbocycles. The number of halogens is 4. The molecule has 0 spiro atoms. The topological polar surface area (TPSA) is 62.7 Å². The maximum atomic E-state index is 13.8. The van der Waals surface area contributed by atoms with E-state index in [1.165, 1.54) is 12.3 Å². The zero-order valence-corrected chi connectivity index (χ0v) is 14.9. The number of aromatic nitrogens is 1. The first kappa shape index (κ1) is 20.1. The van der Waals surface area contributed by atoms with Crippen molar-refractivity contribution in [1.82, 2.24) is 9.88 Å². The highest BCUT2D eigenvalue weighted by Gasteiger charge is 2.35. The molecule has 2 aromatic rings. The molecule has 0 unspecified atom stereocenters. The van der Waals surface area contributed by atoms with Crippen molar-refractivity contribution in [2.75, 3.05) is 6.54 Å². The van der Waals surface area contributed by atoms with Crippen LogP contribution in [0.25, 0.3) is 0 Å². The first-order chi connectivity index (χ1) is 13.1. The minimum atomic E-state index is -4.64. The number of aliphatic hydroxyl groups excluding tert-OH is 1. The van der Waals surface area contributed by atoms with Gasteiger partial charge < -0.3 is 14.7 Å². The Morgan fingerprint density at radius 3 is 2.57 bits per heavy atom. The van der Waals surface area contributed by atoms with Crippen LogP contribution in [-0.4, -0.2) is 39.6 Å². The Bertz CT molecular complexity index is 855. The van der Waals surface area contributed by atoms with E-state index in [2.05, 4.69) is 4.98 Å². The van der Waals surface area contributed by atoms with Crippen molar-refractivity contribution in [2.45, 2.75) is 38.1 Å². The summed E-state index contributed by atoms with van der Waals surface area (Å²) in [6.45, 7) is 2.20. The third kappa shape index (κ3) is 4.41. The van der Waals surface area contributed by atoms with E-state index >= 15 is 0 Å². The van der Waals surface area contributed by atoms with Crippen molar-refractivity contribution >= 4 is 5.91 Å². The molecule has 2 heterocycles. The Balaban J connectivity index is 1.61. The Labute approximate surface area is 158 Å². The molecular formula is C19H18F4N2O3. The fourth-order valence-electron chi connectivity index (χ4n) is 2.97. The number of amides is 1. The quantitative estimate of drug-likeness (QED) is 0.783. The normalized spacial score (nSPS) is 19.9. The second-order valence-electron chi connectivity index (χ2n) is 6.60. The van der Waals surface area contributed by atoms with Gasteiger partial charge in [-0.25, -0.2) is 9.37 Å². The molecule has 1 aromatic heterocycles. The zero-order valence-electron chi connectivity index (χ0n) is 14.9. The molecule has 1 aliphatic rings. The van der Waals surface area contributed by atoms with Gasteiger partial charge in [0.15, 0.2) is 11.6 Å². The number of benzene rings is 1. The second-order valence-corrected chi connectivity index (χ2v) is 6.60. The molecule has 5 nitrogen and oxygen atoms in total. The van der Waals surface area contributed by atoms with Gasteiger partial charge in [0, 0.05) is 18.8 Å². The second kappa shape index (κ2) is 7.75. The van der Waals surface area contributed by atoms with Crippen molar-refractivity contribution in [3.63, 3.8) is 0 Å². The number of alkyl halides is 3. The SMILES string of the molecule is C[C@H]1[C@@H](O)CC(=O)N1CCc1ccc(Oc2ccc(C(F)(F)F)cc2F)nc1. The number of aliphatic hydroxyl groups is 1. The van der Waals surface area contributed by atoms with E-state index in [4.69, 9.17) is 4.74 Å². The summed E-state index contributed by atoms with van der Waals surface area (Å²) in [5, 5.41) is 9.71. The lowest BCUT2D eigenvalue weighted by atomic mass is 10.2. The number of nitrogens with zero attached hydrogens (tertiary/aromatic N) is 2. The lowest BCUT2D eigenvalue weighted by Gasteiger charge is -2.22. The standard InChI is InChI=1S/C19H18F4N2O3/c1-11-15(26)9-18(27)25(11)7-6-12-2-5-17(24-10-12)28-16-4-3-13(8-14(16)20)19(21,22)23/h2-5,8,10-11,15,26H,6-7,9H2,1H3/t11-,15-/m0/s1. The Kier molecular flexibility index (Phi) is 5.55. The Morgan fingerprint density at radius 1 is 1.29 bits per heavy atom. The summed E-state index contributed by atoms with van der Waals surface area (Å²) >= 11 is 0. The van der Waals surface area contributed by atoms with E-state index in [-0.39, 0.29) is 30.0 Å². The van der Waals surface area contributed by atoms with Gasteiger partial charge >= 0.3 is 6.18 Å². The number of pyridine rings is 1. The van der Waals surface area contributed by atoms with Gasteiger partial charge in [-0.3, -0.25) is 4.79 Å². The lowest BCUT2D eigenvalue weighted by molar-refractivity contribution is -0.137. The monoisotopic (exact) mass is 398 g/mol. The molecular weight excluding hydrogens is 380 g/mol. The summed E-state index contributed by atoms with van der Waals surface area (Å²) in [5.74, 6) is -1.58. The summed E-state index contributed by atoms with van der Waals surface area (Å²) < 4.78 is 56.7. The van der Waals surface area contributed by atoms with Crippen molar-refractivity contribution in [3.05, 3.63) is 53.5 Å². The highest BCUT2D eigenvalue weighted by molar-refractivity contribution is 5.79. The molecule has 28 heavy (non-hydrogen) atoms. The van der Waals surface area contributed by atoms with Crippen molar-refractivity contribution in [2.24, 2.45) is 0 Å². The van der Waals surface area contributed by atoms with Gasteiger partial charge in [-0.2, -0.15) is 13.2 Å². The molecule has 0 radical (unpaired) electrons. The van der Waals surface area contributed by atoms with Crippen LogP contribution in [0.5, 0.6) is 11.6 Å². The molecule has 2 atom stereocenters. The summed E-state index contributed by atoms with van der Waals surface area (Å²) in [6, 6.07) is 4.90. The Hall–Kier alpha value is -2.68. The molecule has 1 amide bonds. The van der Waals surface area contributed by atoms with Gasteiger partial charge in [-0.05, 0) is 37.1 Å². The third-order valence-electron chi connectivity index (χ3n) is 4.67. The first-order valence-electron chi connectivity index (χ1n) is 8.62. The van der Waals surface area contributed by atoms with Gasteiger partial charge in [0.2, 0.25) is 11.8 Å². The smallest absolute Gasteiger partial charge is 0.416 e. The average molecular weight is 398 g/mol. The van der Waals surface area contributed by atoms with Crippen LogP contribution in [-0.2, 0) is 17.4 Å². The third-order valence-corrected chi connectivity index (χ3v) is 4.67. The van der Waals surface area contributed by atoms with E-state index in [1.807, 2.05) is 0 Å². The number of hydrogen-bond donors (Lipinski definition) is 1. The van der Waals surface area contributed by atoms with Crippen LogP contribution in [0.1, 0.15) is 24.5 Å². The number of carbonyl (C=O) groups is 1. The van der Waals surface area contributed by atoms with Crippen LogP contribution in [0.4, 0.5) is 17.6 Å². The maximum absolute atomic E-state index is 13.8. The van der Waals surface area contributed by atoms with Crippen LogP contribution in [0.2, 0.25) is 0 Å². The molecule has 9 heteroatoms. The minimum Gasteiger partial charge on any atom is -0.436 e. The number of ether oxygens (including phenoxy) is 1. The van der Waals surface area contributed by atoms with E-state index in [0.717, 1.165) is 17.7 Å². The summed E-state index contributed by atoms with van der Waals surface area (Å²) in [4.78, 5) is 17.4. The van der Waals surface area contributed by atoms with Crippen LogP contribution < -0.4 is 4.74 Å². The van der Waals surface area contributed by atoms with Crippen molar-refractivity contribution in [3.8, 4) is 11.6 Å². The van der Waals surface area contributed by atoms with Crippen LogP contribution in [0.3, 0.4) is 0 Å². The highest BCUT2D eigenvalue weighted by atomic mass is 19.4. The van der Waals surface area contributed by atoms with E-state index in [0.29, 0.717) is 19.0 Å². The predicted octanol–water partition coefficient (Wildman–Crippen LogP) is 3.56. The average Bonchev–Trinajstić information content (AvgIpc) is 2.87. The largest absolute Gasteiger partial charge is 0.436 e. The number of hydrogen-bond acceptors (Lipinski definition) is 4. The molecule has 1 N–H and O–H groups in total. The zero-order chi connectivity index (χ0) is 20.5. The van der Waals surface area contributed by atoms with Crippen LogP contribution in [0, 0.1) is 5.82 Å². The molecule has 0 saturated carbocycles. The summed E-state index contributed by atoms with van der Waals surface area (Å²) in [7, 11) is 0. The van der Waals surface area contributed by atoms with Gasteiger partial charge in [0.25, 0.3) is 0 Å². The summed E-state index contributed by atoms with van der Waals surface area (Å²) in [6.07, 6.45) is -3.20. The van der Waals surface area contributed by atoms with Crippen LogP contribution >= 0.6 is 0 Å². The Morgan fingerprint density at radius 2 is 2.04 bits per heavy atom. The van der Waals surface area contributed by atoms with E-state index in [1.54, 1.807) is 17.9 Å². The molecule has 3 rings (SSSR count). The molecule has 150 valence electrons. The van der Waals surface area contributed by atoms with Gasteiger partial charge in [0.1, 0.15) is 0 Å². The highest BCUT2D eigenvalue weighted by Crippen LogP contribution is 2.33. The van der Waals surface area contributed by atoms with E-state index < -0.39 is 23.7 Å². The fraction of sp³-hybridized carbons (Fsp3) is 0.368. The molecule has 0 bridgehead atoms. The van der Waals surface area contributed by atoms with Gasteiger partial charge in [-0.1, -0.05) is 6.07 Å². The predicted molar refractivity (Wildman–Crippen MR) is 91.2 cm³/mol. The number of carbonyl (C=O) groups excluding carboxylic acids is 1. The molecule has 1 saturated heterocycles. The maximum Gasteiger partial charge on any atom is 0.416 e. The van der Waals surface area contributed by atoms with Crippen molar-refractivity contribution in [1.29, 1.82) is 0 Å². The molecule has 1 aromatic carbocycles. The number of likely N-dealkylation sites (tertiary alicyclic amines) is 1. The van der Waals surface area contributed by atoms with Gasteiger partial charge in [0.05, 0.1) is 24.1 Å². The summed E-state index contributed by atoms with van der Waals surface area (Å²) in [5.41, 5.74) is -0.307. The van der Waals surface area contributed by atoms with Crippen LogP contribution in [0.15, 0.2) is 36.5 Å². The minimum absolute atomic E-state index is 0.0310.